The molecule has 0 bridgehead atoms. The molecule has 4 heterocycles. The predicted octanol–water partition coefficient (Wildman–Crippen LogP) is 2.49. The van der Waals surface area contributed by atoms with Crippen LogP contribution in [0.5, 0.6) is 0 Å². The maximum Gasteiger partial charge on any atom is 0.311 e. The van der Waals surface area contributed by atoms with E-state index in [1.165, 1.54) is 14.0 Å². The highest BCUT2D eigenvalue weighted by molar-refractivity contribution is 5.76. The van der Waals surface area contributed by atoms with Crippen LogP contribution in [0.2, 0.25) is 0 Å². The van der Waals surface area contributed by atoms with E-state index in [1.54, 1.807) is 103 Å². The van der Waals surface area contributed by atoms with Crippen LogP contribution in [-0.4, -0.2) is 224 Å². The number of amides is 1. The highest BCUT2D eigenvalue weighted by atomic mass is 19.1. The van der Waals surface area contributed by atoms with Crippen molar-refractivity contribution in [3.05, 3.63) is 41.7 Å². The van der Waals surface area contributed by atoms with E-state index in [1.807, 2.05) is 37.7 Å². The first-order valence-corrected chi connectivity index (χ1v) is 26.9. The normalized spacial score (nSPS) is 38.5. The van der Waals surface area contributed by atoms with Crippen LogP contribution in [0.15, 0.2) is 30.5 Å². The van der Waals surface area contributed by atoms with Gasteiger partial charge in [-0.3, -0.25) is 9.59 Å². The molecule has 0 spiro atoms. The van der Waals surface area contributed by atoms with Gasteiger partial charge in [-0.1, -0.05) is 38.1 Å². The number of methoxy groups -OCH3 is 1. The van der Waals surface area contributed by atoms with Crippen molar-refractivity contribution in [3.8, 4) is 5.69 Å². The molecule has 20 atom stereocenters. The fourth-order valence-corrected chi connectivity index (χ4v) is 11.5. The van der Waals surface area contributed by atoms with Crippen molar-refractivity contribution in [2.75, 3.05) is 55.1 Å². The number of halogens is 1. The molecule has 21 nitrogen and oxygen atoms in total. The summed E-state index contributed by atoms with van der Waals surface area (Å²) < 4.78 is 54.2. The number of carbonyl (C=O) groups is 2. The topological polar surface area (TPSA) is 263 Å². The Hall–Kier alpha value is -3.33. The van der Waals surface area contributed by atoms with Crippen molar-refractivity contribution in [1.82, 2.24) is 35.0 Å². The Morgan fingerprint density at radius 2 is 1.64 bits per heavy atom. The van der Waals surface area contributed by atoms with Gasteiger partial charge in [-0.05, 0) is 120 Å². The molecular formula is C54H92FN7O14. The van der Waals surface area contributed by atoms with Crippen molar-refractivity contribution in [1.29, 1.82) is 0 Å². The Kier molecular flexibility index (Phi) is 22.4. The second-order valence-corrected chi connectivity index (χ2v) is 23.2. The van der Waals surface area contributed by atoms with Gasteiger partial charge in [0.05, 0.1) is 65.2 Å². The molecule has 0 aliphatic carbocycles. The fourth-order valence-electron chi connectivity index (χ4n) is 11.5. The van der Waals surface area contributed by atoms with Gasteiger partial charge >= 0.3 is 5.97 Å². The minimum absolute atomic E-state index is 0.0581. The van der Waals surface area contributed by atoms with Gasteiger partial charge in [0.2, 0.25) is 5.91 Å². The van der Waals surface area contributed by atoms with Gasteiger partial charge in [0.1, 0.15) is 42.8 Å². The molecule has 1 aromatic carbocycles. The number of ether oxygens (including phenoxy) is 6. The van der Waals surface area contributed by atoms with Crippen molar-refractivity contribution < 1.29 is 73.0 Å². The summed E-state index contributed by atoms with van der Waals surface area (Å²) in [5, 5.41) is 81.8. The molecule has 3 unspecified atom stereocenters. The van der Waals surface area contributed by atoms with Crippen LogP contribution >= 0.6 is 0 Å². The third-order valence-electron chi connectivity index (χ3n) is 16.2. The fraction of sp³-hybridized carbons (Fsp3) is 0.815. The molecular weight excluding hydrogens is 990 g/mol. The number of cyclic esters (lactones) is 1. The molecule has 2 aromatic rings. The second kappa shape index (κ2) is 26.8. The van der Waals surface area contributed by atoms with E-state index in [9.17, 15) is 44.6 Å². The van der Waals surface area contributed by atoms with Crippen molar-refractivity contribution in [3.63, 3.8) is 0 Å². The molecule has 76 heavy (non-hydrogen) atoms. The summed E-state index contributed by atoms with van der Waals surface area (Å²) in [6.45, 7) is 17.2. The zero-order chi connectivity index (χ0) is 56.8. The zero-order valence-electron chi connectivity index (χ0n) is 47.6. The summed E-state index contributed by atoms with van der Waals surface area (Å²) in [4.78, 5) is 33.6. The highest BCUT2D eigenvalue weighted by Gasteiger charge is 2.53. The molecule has 3 saturated heterocycles. The van der Waals surface area contributed by atoms with Crippen LogP contribution in [0.1, 0.15) is 119 Å². The third-order valence-corrected chi connectivity index (χ3v) is 16.2. The van der Waals surface area contributed by atoms with Gasteiger partial charge in [0, 0.05) is 57.6 Å². The van der Waals surface area contributed by atoms with E-state index in [4.69, 9.17) is 28.4 Å². The minimum atomic E-state index is -1.87. The number of likely N-dealkylation sites (N-methyl/N-ethyl adjacent to an activating group) is 2. The summed E-state index contributed by atoms with van der Waals surface area (Å²) >= 11 is 0. The SMILES string of the molecule is CC[C@H]1OC(=O)[C@H](C)[C@@H](O[C@H]2CC(C)(OC)[C@@H](O)[C@H](C)O2)[C@H](C)[C@@H](O[C@@H]2O[C@H](C)C[C@H](N(C)CCC(=O)N[C@H](CF)[C@H](O)c3ccc(-n4cc(CN(C)C)nn4)cc3)[C@H]2O)C(C)(O)C[C@@H](C)CN(C)[C@H](C)[C@@H](O)C1(C)O. The number of benzene rings is 1. The second-order valence-electron chi connectivity index (χ2n) is 23.2. The number of hydrogen-bond acceptors (Lipinski definition) is 19. The molecule has 0 radical (unpaired) electrons. The van der Waals surface area contributed by atoms with E-state index < -0.39 is 133 Å². The lowest BCUT2D eigenvalue weighted by Crippen LogP contribution is -2.61. The number of aliphatic hydroxyl groups is 6. The Morgan fingerprint density at radius 1 is 0.987 bits per heavy atom. The number of carbonyl (C=O) groups excluding carboxylic acids is 2. The molecule has 3 aliphatic heterocycles. The predicted molar refractivity (Wildman–Crippen MR) is 279 cm³/mol. The van der Waals surface area contributed by atoms with E-state index in [0.29, 0.717) is 30.8 Å². The Balaban J connectivity index is 1.38. The van der Waals surface area contributed by atoms with Gasteiger partial charge in [0.15, 0.2) is 12.6 Å². The van der Waals surface area contributed by atoms with Gasteiger partial charge < -0.3 is 79.1 Å². The number of nitrogens with zero attached hydrogens (tertiary/aromatic N) is 6. The number of hydrogen-bond donors (Lipinski definition) is 7. The van der Waals surface area contributed by atoms with Gasteiger partial charge in [0.25, 0.3) is 0 Å². The molecule has 3 fully saturated rings. The molecule has 1 amide bonds. The largest absolute Gasteiger partial charge is 0.459 e. The van der Waals surface area contributed by atoms with Crippen LogP contribution in [0, 0.1) is 17.8 Å². The lowest BCUT2D eigenvalue weighted by atomic mass is 9.77. The smallest absolute Gasteiger partial charge is 0.311 e. The van der Waals surface area contributed by atoms with Crippen molar-refractivity contribution >= 4 is 11.9 Å². The first kappa shape index (κ1) is 63.5. The summed E-state index contributed by atoms with van der Waals surface area (Å²) in [6, 6.07) is 4.25. The average molecular weight is 1080 g/mol. The van der Waals surface area contributed by atoms with Gasteiger partial charge in [-0.25, -0.2) is 9.07 Å². The molecule has 0 saturated carbocycles. The van der Waals surface area contributed by atoms with Crippen LogP contribution in [0.4, 0.5) is 4.39 Å². The number of nitrogens with one attached hydrogen (secondary N) is 1. The number of alkyl halides is 1. The Labute approximate surface area is 449 Å². The molecule has 1 aromatic heterocycles. The Bertz CT molecular complexity index is 2140. The number of rotatable bonds is 17. The molecule has 434 valence electrons. The van der Waals surface area contributed by atoms with E-state index in [0.717, 1.165) is 5.69 Å². The van der Waals surface area contributed by atoms with Crippen LogP contribution in [0.3, 0.4) is 0 Å². The summed E-state index contributed by atoms with van der Waals surface area (Å²) in [5.74, 6) is -3.54. The molecule has 5 rings (SSSR count). The average Bonchev–Trinajstić information content (AvgIpc) is 3.83. The lowest BCUT2D eigenvalue weighted by Gasteiger charge is -2.49. The third kappa shape index (κ3) is 15.3. The van der Waals surface area contributed by atoms with E-state index >= 15 is 0 Å². The van der Waals surface area contributed by atoms with Crippen molar-refractivity contribution in [2.45, 2.75) is 210 Å². The Morgan fingerprint density at radius 3 is 2.25 bits per heavy atom. The van der Waals surface area contributed by atoms with Gasteiger partial charge in [-0.2, -0.15) is 0 Å². The lowest BCUT2D eigenvalue weighted by molar-refractivity contribution is -0.318. The minimum Gasteiger partial charge on any atom is -0.459 e. The zero-order valence-corrected chi connectivity index (χ0v) is 47.6. The standard InChI is InChI=1S/C54H92FN7O14/c1-16-41-54(10,70)47(66)34(6)61(14)27-30(2)24-52(8,69)49(32(4)46(33(5)50(68)74-41)75-43-25-53(9,71-15)48(67)35(7)73-43)76-51-45(65)40(23-31(3)72-51)60(13)22-21-42(63)56-39(26-55)44(64)36-17-19-38(20-18-36)62-29-37(57-58-62)28-59(11)12/h17-20,29-35,39-41,43-49,51,64-67,69-70H,16,21-28H2,1-15H3,(H,56,63)/t30-,31-,32+,33-,34-,35+,39-,40+,41-,43+,44-,45-,46+,47-,48+,49-,51+,52?,53?,54?/m1/s1. The number of aliphatic hydroxyl groups excluding tert-OH is 4. The van der Waals surface area contributed by atoms with Crippen LogP contribution in [-0.2, 0) is 44.6 Å². The number of esters is 1. The maximum absolute atomic E-state index is 14.5. The van der Waals surface area contributed by atoms with Crippen LogP contribution in [0.25, 0.3) is 5.69 Å². The summed E-state index contributed by atoms with van der Waals surface area (Å²) in [6.07, 6.45) is -9.81. The van der Waals surface area contributed by atoms with E-state index in [-0.39, 0.29) is 38.1 Å². The first-order valence-electron chi connectivity index (χ1n) is 26.9. The number of aromatic nitrogens is 3. The quantitative estimate of drug-likeness (QED) is 0.112. The van der Waals surface area contributed by atoms with Gasteiger partial charge in [-0.15, -0.1) is 5.10 Å². The summed E-state index contributed by atoms with van der Waals surface area (Å²) in [5.41, 5.74) is -2.83. The molecule has 3 aliphatic rings. The monoisotopic (exact) mass is 1080 g/mol. The van der Waals surface area contributed by atoms with Crippen molar-refractivity contribution in [2.24, 2.45) is 17.8 Å². The molecule has 7 N–H and O–H groups in total. The van der Waals surface area contributed by atoms with E-state index in [2.05, 4.69) is 15.6 Å². The highest BCUT2D eigenvalue weighted by Crippen LogP contribution is 2.40. The maximum atomic E-state index is 14.5. The van der Waals surface area contributed by atoms with Crippen LogP contribution < -0.4 is 5.32 Å². The molecule has 22 heteroatoms. The first-order chi connectivity index (χ1) is 35.5. The summed E-state index contributed by atoms with van der Waals surface area (Å²) in [7, 11) is 8.88.